The fraction of sp³-hybridized carbons (Fsp3) is 0.727. The predicted molar refractivity (Wildman–Crippen MR) is 62.1 cm³/mol. The Labute approximate surface area is 94.9 Å². The average molecular weight is 226 g/mol. The number of hydrogen-bond donors (Lipinski definition) is 1. The van der Waals surface area contributed by atoms with Gasteiger partial charge in [0.1, 0.15) is 5.01 Å². The standard InChI is InChI=1S/C11H18N2OS/c1-8-3-4-12-5-10(8)14-6-11-13-9(2)7-15-11/h7-8,10,12H,3-6H2,1-2H3. The summed E-state index contributed by atoms with van der Waals surface area (Å²) in [7, 11) is 0. The van der Waals surface area contributed by atoms with Crippen molar-refractivity contribution in [2.24, 2.45) is 5.92 Å². The van der Waals surface area contributed by atoms with Crippen LogP contribution in [0.4, 0.5) is 0 Å². The first kappa shape index (κ1) is 11.0. The third kappa shape index (κ3) is 3.00. The van der Waals surface area contributed by atoms with Crippen LogP contribution in [0.15, 0.2) is 5.38 Å². The van der Waals surface area contributed by atoms with Gasteiger partial charge < -0.3 is 10.1 Å². The quantitative estimate of drug-likeness (QED) is 0.855. The molecule has 1 aromatic heterocycles. The highest BCUT2D eigenvalue weighted by Gasteiger charge is 2.21. The van der Waals surface area contributed by atoms with Crippen molar-refractivity contribution in [1.29, 1.82) is 0 Å². The average Bonchev–Trinajstić information content (AvgIpc) is 2.63. The fourth-order valence-electron chi connectivity index (χ4n) is 1.83. The second-order valence-electron chi connectivity index (χ2n) is 4.20. The van der Waals surface area contributed by atoms with Crippen molar-refractivity contribution in [2.75, 3.05) is 13.1 Å². The lowest BCUT2D eigenvalue weighted by Gasteiger charge is -2.29. The molecule has 0 spiro atoms. The summed E-state index contributed by atoms with van der Waals surface area (Å²) < 4.78 is 5.88. The van der Waals surface area contributed by atoms with Gasteiger partial charge in [-0.05, 0) is 25.8 Å². The van der Waals surface area contributed by atoms with Gasteiger partial charge in [-0.25, -0.2) is 4.98 Å². The van der Waals surface area contributed by atoms with Crippen molar-refractivity contribution < 1.29 is 4.74 Å². The van der Waals surface area contributed by atoms with E-state index in [1.807, 2.05) is 6.92 Å². The molecular formula is C11H18N2OS. The molecule has 2 rings (SSSR count). The fourth-order valence-corrected chi connectivity index (χ4v) is 2.52. The minimum absolute atomic E-state index is 0.350. The van der Waals surface area contributed by atoms with Gasteiger partial charge in [0.2, 0.25) is 0 Å². The second-order valence-corrected chi connectivity index (χ2v) is 5.14. The van der Waals surface area contributed by atoms with E-state index in [0.717, 1.165) is 23.8 Å². The van der Waals surface area contributed by atoms with Crippen molar-refractivity contribution in [2.45, 2.75) is 33.0 Å². The normalized spacial score (nSPS) is 26.8. The van der Waals surface area contributed by atoms with Crippen LogP contribution in [0.1, 0.15) is 24.0 Å². The lowest BCUT2D eigenvalue weighted by Crippen LogP contribution is -2.40. The molecule has 1 fully saturated rings. The Morgan fingerprint density at radius 3 is 3.20 bits per heavy atom. The number of rotatable bonds is 3. The number of piperidine rings is 1. The summed E-state index contributed by atoms with van der Waals surface area (Å²) in [6, 6.07) is 0. The van der Waals surface area contributed by atoms with Gasteiger partial charge >= 0.3 is 0 Å². The van der Waals surface area contributed by atoms with Crippen LogP contribution in [0.3, 0.4) is 0 Å². The van der Waals surface area contributed by atoms with Crippen LogP contribution in [0, 0.1) is 12.8 Å². The van der Waals surface area contributed by atoms with E-state index >= 15 is 0 Å². The molecule has 2 heterocycles. The first-order chi connectivity index (χ1) is 7.25. The van der Waals surface area contributed by atoms with Crippen LogP contribution in [0.5, 0.6) is 0 Å². The molecule has 2 atom stereocenters. The monoisotopic (exact) mass is 226 g/mol. The molecule has 4 heteroatoms. The lowest BCUT2D eigenvalue weighted by molar-refractivity contribution is -0.00666. The molecule has 0 radical (unpaired) electrons. The smallest absolute Gasteiger partial charge is 0.119 e. The maximum atomic E-state index is 5.88. The van der Waals surface area contributed by atoms with Gasteiger partial charge in [-0.15, -0.1) is 11.3 Å². The van der Waals surface area contributed by atoms with E-state index in [9.17, 15) is 0 Å². The predicted octanol–water partition coefficient (Wildman–Crippen LogP) is 1.97. The summed E-state index contributed by atoms with van der Waals surface area (Å²) in [5.41, 5.74) is 1.09. The van der Waals surface area contributed by atoms with Gasteiger partial charge in [-0.1, -0.05) is 6.92 Å². The first-order valence-corrected chi connectivity index (χ1v) is 6.37. The van der Waals surface area contributed by atoms with Gasteiger partial charge in [0, 0.05) is 17.6 Å². The third-order valence-electron chi connectivity index (χ3n) is 2.84. The molecule has 2 unspecified atom stereocenters. The molecule has 0 aliphatic carbocycles. The molecule has 0 saturated carbocycles. The molecule has 15 heavy (non-hydrogen) atoms. The van der Waals surface area contributed by atoms with Crippen LogP contribution in [0.2, 0.25) is 0 Å². The van der Waals surface area contributed by atoms with Crippen molar-refractivity contribution in [1.82, 2.24) is 10.3 Å². The zero-order valence-corrected chi connectivity index (χ0v) is 10.1. The molecule has 1 saturated heterocycles. The minimum Gasteiger partial charge on any atom is -0.369 e. The number of aromatic nitrogens is 1. The molecule has 0 amide bonds. The van der Waals surface area contributed by atoms with Crippen molar-refractivity contribution in [3.63, 3.8) is 0 Å². The zero-order chi connectivity index (χ0) is 10.7. The maximum absolute atomic E-state index is 5.88. The van der Waals surface area contributed by atoms with Crippen LogP contribution >= 0.6 is 11.3 Å². The van der Waals surface area contributed by atoms with E-state index in [1.165, 1.54) is 6.42 Å². The second kappa shape index (κ2) is 5.05. The van der Waals surface area contributed by atoms with Gasteiger partial charge in [0.05, 0.1) is 12.7 Å². The van der Waals surface area contributed by atoms with Crippen molar-refractivity contribution in [3.8, 4) is 0 Å². The summed E-state index contributed by atoms with van der Waals surface area (Å²) in [5.74, 6) is 0.660. The summed E-state index contributed by atoms with van der Waals surface area (Å²) in [4.78, 5) is 4.39. The molecule has 1 N–H and O–H groups in total. The van der Waals surface area contributed by atoms with Gasteiger partial charge in [0.25, 0.3) is 0 Å². The molecule has 1 aliphatic rings. The highest BCUT2D eigenvalue weighted by Crippen LogP contribution is 2.17. The number of ether oxygens (including phenoxy) is 1. The van der Waals surface area contributed by atoms with Gasteiger partial charge in [0.15, 0.2) is 0 Å². The van der Waals surface area contributed by atoms with Crippen molar-refractivity contribution in [3.05, 3.63) is 16.1 Å². The Morgan fingerprint density at radius 1 is 1.67 bits per heavy atom. The van der Waals surface area contributed by atoms with Crippen LogP contribution in [0.25, 0.3) is 0 Å². The molecular weight excluding hydrogens is 208 g/mol. The van der Waals surface area contributed by atoms with Crippen molar-refractivity contribution >= 4 is 11.3 Å². The summed E-state index contributed by atoms with van der Waals surface area (Å²) in [6.45, 7) is 7.04. The van der Waals surface area contributed by atoms with E-state index in [1.54, 1.807) is 11.3 Å². The lowest BCUT2D eigenvalue weighted by atomic mass is 9.97. The maximum Gasteiger partial charge on any atom is 0.119 e. The Balaban J connectivity index is 1.81. The number of thiazole rings is 1. The van der Waals surface area contributed by atoms with Crippen LogP contribution in [-0.2, 0) is 11.3 Å². The largest absolute Gasteiger partial charge is 0.369 e. The molecule has 1 aliphatic heterocycles. The molecule has 3 nitrogen and oxygen atoms in total. The number of nitrogens with one attached hydrogen (secondary N) is 1. The first-order valence-electron chi connectivity index (χ1n) is 5.49. The van der Waals surface area contributed by atoms with E-state index in [-0.39, 0.29) is 0 Å². The van der Waals surface area contributed by atoms with E-state index in [2.05, 4.69) is 22.6 Å². The third-order valence-corrected chi connectivity index (χ3v) is 3.78. The van der Waals surface area contributed by atoms with Gasteiger partial charge in [-0.3, -0.25) is 0 Å². The van der Waals surface area contributed by atoms with Crippen LogP contribution < -0.4 is 5.32 Å². The Kier molecular flexibility index (Phi) is 3.72. The topological polar surface area (TPSA) is 34.1 Å². The van der Waals surface area contributed by atoms with Crippen LogP contribution in [-0.4, -0.2) is 24.2 Å². The van der Waals surface area contributed by atoms with E-state index in [0.29, 0.717) is 18.6 Å². The summed E-state index contributed by atoms with van der Waals surface area (Å²) in [6.07, 6.45) is 1.56. The van der Waals surface area contributed by atoms with Gasteiger partial charge in [-0.2, -0.15) is 0 Å². The summed E-state index contributed by atoms with van der Waals surface area (Å²) >= 11 is 1.68. The Bertz CT molecular complexity index is 313. The molecule has 0 bridgehead atoms. The molecule has 0 aromatic carbocycles. The number of hydrogen-bond acceptors (Lipinski definition) is 4. The SMILES string of the molecule is Cc1csc(COC2CNCCC2C)n1. The van der Waals surface area contributed by atoms with E-state index in [4.69, 9.17) is 4.74 Å². The molecule has 1 aromatic rings. The Hall–Kier alpha value is -0.450. The highest BCUT2D eigenvalue weighted by molar-refractivity contribution is 7.09. The zero-order valence-electron chi connectivity index (χ0n) is 9.32. The number of aryl methyl sites for hydroxylation is 1. The Morgan fingerprint density at radius 2 is 2.53 bits per heavy atom. The minimum atomic E-state index is 0.350. The highest BCUT2D eigenvalue weighted by atomic mass is 32.1. The molecule has 84 valence electrons. The van der Waals surface area contributed by atoms with E-state index < -0.39 is 0 Å². The number of nitrogens with zero attached hydrogens (tertiary/aromatic N) is 1. The summed E-state index contributed by atoms with van der Waals surface area (Å²) in [5, 5.41) is 6.52.